The highest BCUT2D eigenvalue weighted by Crippen LogP contribution is 2.16. The predicted octanol–water partition coefficient (Wildman–Crippen LogP) is 4.03. The summed E-state index contributed by atoms with van der Waals surface area (Å²) >= 11 is 5.78. The van der Waals surface area contributed by atoms with Crippen LogP contribution in [0.15, 0.2) is 6.07 Å². The Bertz CT molecular complexity index is 324. The Morgan fingerprint density at radius 3 is 2.71 bits per heavy atom. The van der Waals surface area contributed by atoms with Crippen LogP contribution in [0.5, 0.6) is 5.88 Å². The van der Waals surface area contributed by atoms with Gasteiger partial charge < -0.3 is 4.74 Å². The molecule has 3 nitrogen and oxygen atoms in total. The summed E-state index contributed by atoms with van der Waals surface area (Å²) in [6.07, 6.45) is 4.84. The molecule has 96 valence electrons. The molecule has 0 saturated heterocycles. The van der Waals surface area contributed by atoms with Crippen LogP contribution in [0.2, 0.25) is 5.28 Å². The van der Waals surface area contributed by atoms with E-state index in [2.05, 4.69) is 23.8 Å². The smallest absolute Gasteiger partial charge is 0.225 e. The number of hydrogen-bond donors (Lipinski definition) is 0. The van der Waals surface area contributed by atoms with Gasteiger partial charge in [-0.1, -0.05) is 33.1 Å². The molecular formula is C13H21ClN2O. The van der Waals surface area contributed by atoms with Gasteiger partial charge in [-0.2, -0.15) is 4.98 Å². The summed E-state index contributed by atoms with van der Waals surface area (Å²) in [7, 11) is 0. The van der Waals surface area contributed by atoms with Crippen LogP contribution >= 0.6 is 11.6 Å². The topological polar surface area (TPSA) is 35.0 Å². The maximum Gasteiger partial charge on any atom is 0.225 e. The molecule has 0 saturated carbocycles. The zero-order valence-corrected chi connectivity index (χ0v) is 11.6. The van der Waals surface area contributed by atoms with E-state index < -0.39 is 0 Å². The third-order valence-corrected chi connectivity index (χ3v) is 2.98. The number of rotatable bonds is 7. The van der Waals surface area contributed by atoms with Crippen LogP contribution in [0.25, 0.3) is 0 Å². The van der Waals surface area contributed by atoms with Gasteiger partial charge in [0.2, 0.25) is 11.2 Å². The Kier molecular flexibility index (Phi) is 6.27. The van der Waals surface area contributed by atoms with Crippen LogP contribution in [0.4, 0.5) is 0 Å². The SMILES string of the molecule is CCCCC(CC)COc1cc(C)nc(Cl)n1. The van der Waals surface area contributed by atoms with Gasteiger partial charge in [0.15, 0.2) is 0 Å². The van der Waals surface area contributed by atoms with E-state index in [-0.39, 0.29) is 5.28 Å². The molecule has 0 spiro atoms. The molecule has 0 aliphatic rings. The third kappa shape index (κ3) is 5.35. The van der Waals surface area contributed by atoms with Crippen molar-refractivity contribution in [2.45, 2.75) is 46.5 Å². The number of aryl methyl sites for hydroxylation is 1. The van der Waals surface area contributed by atoms with Crippen LogP contribution in [0.1, 0.15) is 45.2 Å². The highest BCUT2D eigenvalue weighted by Gasteiger charge is 2.08. The van der Waals surface area contributed by atoms with E-state index in [1.54, 1.807) is 0 Å². The highest BCUT2D eigenvalue weighted by molar-refractivity contribution is 6.28. The van der Waals surface area contributed by atoms with Crippen molar-refractivity contribution in [3.05, 3.63) is 17.0 Å². The molecule has 0 fully saturated rings. The number of ether oxygens (including phenoxy) is 1. The molecule has 1 atom stereocenters. The molecule has 17 heavy (non-hydrogen) atoms. The first kappa shape index (κ1) is 14.2. The lowest BCUT2D eigenvalue weighted by Gasteiger charge is -2.15. The van der Waals surface area contributed by atoms with Gasteiger partial charge in [-0.15, -0.1) is 0 Å². The standard InChI is InChI=1S/C13H21ClN2O/c1-4-6-7-11(5-2)9-17-12-8-10(3)15-13(14)16-12/h8,11H,4-7,9H2,1-3H3. The third-order valence-electron chi connectivity index (χ3n) is 2.81. The quantitative estimate of drug-likeness (QED) is 0.691. The summed E-state index contributed by atoms with van der Waals surface area (Å²) < 4.78 is 5.68. The van der Waals surface area contributed by atoms with Gasteiger partial charge in [0.05, 0.1) is 6.61 Å². The lowest BCUT2D eigenvalue weighted by Crippen LogP contribution is -2.12. The average Bonchev–Trinajstić information content (AvgIpc) is 2.28. The van der Waals surface area contributed by atoms with Gasteiger partial charge in [-0.3, -0.25) is 0 Å². The van der Waals surface area contributed by atoms with E-state index in [1.807, 2.05) is 13.0 Å². The second-order valence-electron chi connectivity index (χ2n) is 4.34. The molecule has 0 amide bonds. The van der Waals surface area contributed by atoms with Crippen molar-refractivity contribution in [3.8, 4) is 5.88 Å². The molecule has 1 rings (SSSR count). The summed E-state index contributed by atoms with van der Waals surface area (Å²) in [5.74, 6) is 1.18. The van der Waals surface area contributed by atoms with Crippen molar-refractivity contribution in [2.24, 2.45) is 5.92 Å². The molecule has 4 heteroatoms. The second-order valence-corrected chi connectivity index (χ2v) is 4.68. The fourth-order valence-electron chi connectivity index (χ4n) is 1.68. The highest BCUT2D eigenvalue weighted by atomic mass is 35.5. The maximum atomic E-state index is 5.78. The number of unbranched alkanes of at least 4 members (excludes halogenated alkanes) is 1. The van der Waals surface area contributed by atoms with Crippen LogP contribution in [-0.4, -0.2) is 16.6 Å². The van der Waals surface area contributed by atoms with Gasteiger partial charge in [-0.05, 0) is 30.9 Å². The zero-order valence-electron chi connectivity index (χ0n) is 10.9. The van der Waals surface area contributed by atoms with Crippen molar-refractivity contribution in [1.29, 1.82) is 0 Å². The van der Waals surface area contributed by atoms with Gasteiger partial charge in [-0.25, -0.2) is 4.98 Å². The van der Waals surface area contributed by atoms with Crippen LogP contribution in [0.3, 0.4) is 0 Å². The van der Waals surface area contributed by atoms with E-state index in [4.69, 9.17) is 16.3 Å². The number of hydrogen-bond acceptors (Lipinski definition) is 3. The summed E-state index contributed by atoms with van der Waals surface area (Å²) in [4.78, 5) is 8.06. The summed E-state index contributed by atoms with van der Waals surface area (Å²) in [6, 6.07) is 1.82. The normalized spacial score (nSPS) is 12.5. The van der Waals surface area contributed by atoms with Crippen molar-refractivity contribution in [3.63, 3.8) is 0 Å². The Hall–Kier alpha value is -0.830. The second kappa shape index (κ2) is 7.49. The summed E-state index contributed by atoms with van der Waals surface area (Å²) in [6.45, 7) is 7.00. The van der Waals surface area contributed by atoms with Crippen LogP contribution in [0, 0.1) is 12.8 Å². The molecule has 0 N–H and O–H groups in total. The van der Waals surface area contributed by atoms with Crippen molar-refractivity contribution < 1.29 is 4.74 Å². The Labute approximate surface area is 109 Å². The Morgan fingerprint density at radius 1 is 1.35 bits per heavy atom. The zero-order chi connectivity index (χ0) is 12.7. The van der Waals surface area contributed by atoms with E-state index in [9.17, 15) is 0 Å². The van der Waals surface area contributed by atoms with Crippen LogP contribution < -0.4 is 4.74 Å². The molecule has 0 aliphatic heterocycles. The first-order valence-electron chi connectivity index (χ1n) is 6.29. The average molecular weight is 257 g/mol. The monoisotopic (exact) mass is 256 g/mol. The van der Waals surface area contributed by atoms with Crippen molar-refractivity contribution in [2.75, 3.05) is 6.61 Å². The first-order valence-corrected chi connectivity index (χ1v) is 6.67. The molecule has 0 bridgehead atoms. The Morgan fingerprint density at radius 2 is 2.12 bits per heavy atom. The molecule has 0 aliphatic carbocycles. The lowest BCUT2D eigenvalue weighted by molar-refractivity contribution is 0.225. The minimum atomic E-state index is 0.251. The summed E-state index contributed by atoms with van der Waals surface area (Å²) in [5.41, 5.74) is 0.835. The predicted molar refractivity (Wildman–Crippen MR) is 70.6 cm³/mol. The van der Waals surface area contributed by atoms with Gasteiger partial charge >= 0.3 is 0 Å². The van der Waals surface area contributed by atoms with Crippen LogP contribution in [-0.2, 0) is 0 Å². The van der Waals surface area contributed by atoms with Crippen molar-refractivity contribution in [1.82, 2.24) is 9.97 Å². The van der Waals surface area contributed by atoms with E-state index >= 15 is 0 Å². The van der Waals surface area contributed by atoms with Crippen molar-refractivity contribution >= 4 is 11.6 Å². The fourth-order valence-corrected chi connectivity index (χ4v) is 1.90. The van der Waals surface area contributed by atoms with Gasteiger partial charge in [0, 0.05) is 11.8 Å². The fraction of sp³-hybridized carbons (Fsp3) is 0.692. The number of aromatic nitrogens is 2. The number of nitrogens with zero attached hydrogens (tertiary/aromatic N) is 2. The molecular weight excluding hydrogens is 236 g/mol. The van der Waals surface area contributed by atoms with E-state index in [0.717, 1.165) is 12.1 Å². The molecule has 1 heterocycles. The maximum absolute atomic E-state index is 5.78. The molecule has 1 aromatic heterocycles. The summed E-state index contributed by atoms with van der Waals surface area (Å²) in [5, 5.41) is 0.251. The minimum Gasteiger partial charge on any atom is -0.477 e. The molecule has 0 aromatic carbocycles. The lowest BCUT2D eigenvalue weighted by atomic mass is 10.0. The van der Waals surface area contributed by atoms with Gasteiger partial charge in [0.1, 0.15) is 0 Å². The minimum absolute atomic E-state index is 0.251. The van der Waals surface area contributed by atoms with E-state index in [1.165, 1.54) is 19.3 Å². The number of halogens is 1. The van der Waals surface area contributed by atoms with Gasteiger partial charge in [0.25, 0.3) is 0 Å². The molecule has 1 unspecified atom stereocenters. The largest absolute Gasteiger partial charge is 0.477 e. The first-order chi connectivity index (χ1) is 8.15. The Balaban J connectivity index is 2.47. The van der Waals surface area contributed by atoms with E-state index in [0.29, 0.717) is 18.4 Å². The molecule has 1 aromatic rings. The molecule has 0 radical (unpaired) electrons.